The second kappa shape index (κ2) is 6.59. The third kappa shape index (κ3) is 2.86. The number of likely N-dealkylation sites (tertiary alicyclic amines) is 1. The number of nitrogens with zero attached hydrogens (tertiary/aromatic N) is 4. The summed E-state index contributed by atoms with van der Waals surface area (Å²) < 4.78 is 1.83. The summed E-state index contributed by atoms with van der Waals surface area (Å²) >= 11 is 0. The molecule has 24 heavy (non-hydrogen) atoms. The summed E-state index contributed by atoms with van der Waals surface area (Å²) in [4.78, 5) is 31.0. The van der Waals surface area contributed by atoms with Crippen LogP contribution in [0.4, 0.5) is 0 Å². The molecule has 2 amide bonds. The SMILES string of the molecule is CNC(=O)C1CCCCN1C(=O)c1cnc2c(cnn2C(C)C)c1. The van der Waals surface area contributed by atoms with Crippen LogP contribution in [0.15, 0.2) is 18.5 Å². The third-order valence-corrected chi connectivity index (χ3v) is 4.48. The summed E-state index contributed by atoms with van der Waals surface area (Å²) in [5, 5.41) is 7.82. The molecule has 1 aliphatic rings. The Balaban J connectivity index is 1.91. The first kappa shape index (κ1) is 16.4. The van der Waals surface area contributed by atoms with Crippen molar-refractivity contribution in [2.45, 2.75) is 45.2 Å². The number of likely N-dealkylation sites (N-methyl/N-ethyl adjacent to an activating group) is 1. The van der Waals surface area contributed by atoms with Crippen molar-refractivity contribution in [2.75, 3.05) is 13.6 Å². The number of carbonyl (C=O) groups excluding carboxylic acids is 2. The minimum absolute atomic E-state index is 0.107. The summed E-state index contributed by atoms with van der Waals surface area (Å²) in [6, 6.07) is 1.62. The number of pyridine rings is 1. The number of hydrogen-bond acceptors (Lipinski definition) is 4. The van der Waals surface area contributed by atoms with Crippen molar-refractivity contribution in [1.82, 2.24) is 25.0 Å². The van der Waals surface area contributed by atoms with Crippen molar-refractivity contribution in [3.63, 3.8) is 0 Å². The molecule has 2 aromatic heterocycles. The standard InChI is InChI=1S/C17H23N5O2/c1-11(2)22-15-12(10-20-22)8-13(9-19-15)17(24)21-7-5-4-6-14(21)16(23)18-3/h8-11,14H,4-7H2,1-3H3,(H,18,23). The van der Waals surface area contributed by atoms with E-state index in [1.807, 2.05) is 24.6 Å². The lowest BCUT2D eigenvalue weighted by molar-refractivity contribution is -0.126. The van der Waals surface area contributed by atoms with Gasteiger partial charge in [-0.15, -0.1) is 0 Å². The Bertz CT molecular complexity index is 767. The molecule has 128 valence electrons. The highest BCUT2D eigenvalue weighted by atomic mass is 16.2. The molecule has 0 bridgehead atoms. The molecule has 0 aliphatic carbocycles. The van der Waals surface area contributed by atoms with E-state index in [2.05, 4.69) is 15.4 Å². The van der Waals surface area contributed by atoms with Crippen LogP contribution in [0.3, 0.4) is 0 Å². The Morgan fingerprint density at radius 3 is 2.79 bits per heavy atom. The van der Waals surface area contributed by atoms with Crippen molar-refractivity contribution in [3.05, 3.63) is 24.0 Å². The fraction of sp³-hybridized carbons (Fsp3) is 0.529. The average Bonchev–Trinajstić information content (AvgIpc) is 3.03. The van der Waals surface area contributed by atoms with Gasteiger partial charge in [-0.2, -0.15) is 5.10 Å². The molecule has 3 heterocycles. The van der Waals surface area contributed by atoms with E-state index in [1.54, 1.807) is 24.3 Å². The van der Waals surface area contributed by atoms with E-state index in [9.17, 15) is 9.59 Å². The number of amides is 2. The first-order valence-corrected chi connectivity index (χ1v) is 8.38. The summed E-state index contributed by atoms with van der Waals surface area (Å²) in [7, 11) is 1.60. The van der Waals surface area contributed by atoms with Crippen LogP contribution >= 0.6 is 0 Å². The minimum Gasteiger partial charge on any atom is -0.357 e. The molecule has 0 radical (unpaired) electrons. The van der Waals surface area contributed by atoms with Crippen LogP contribution in [0.1, 0.15) is 49.5 Å². The molecule has 7 nitrogen and oxygen atoms in total. The fourth-order valence-electron chi connectivity index (χ4n) is 3.21. The molecule has 1 aliphatic heterocycles. The van der Waals surface area contributed by atoms with Gasteiger partial charge >= 0.3 is 0 Å². The zero-order chi connectivity index (χ0) is 17.3. The second-order valence-electron chi connectivity index (χ2n) is 6.44. The third-order valence-electron chi connectivity index (χ3n) is 4.48. The van der Waals surface area contributed by atoms with Gasteiger partial charge < -0.3 is 10.2 Å². The van der Waals surface area contributed by atoms with Gasteiger partial charge in [-0.1, -0.05) is 0 Å². The predicted octanol–water partition coefficient (Wildman–Crippen LogP) is 1.75. The fourth-order valence-corrected chi connectivity index (χ4v) is 3.21. The van der Waals surface area contributed by atoms with Gasteiger partial charge in [0.2, 0.25) is 5.91 Å². The normalized spacial score (nSPS) is 18.2. The van der Waals surface area contributed by atoms with Gasteiger partial charge in [-0.05, 0) is 39.2 Å². The summed E-state index contributed by atoms with van der Waals surface area (Å²) in [6.45, 7) is 4.67. The maximum absolute atomic E-state index is 12.9. The second-order valence-corrected chi connectivity index (χ2v) is 6.44. The minimum atomic E-state index is -0.398. The predicted molar refractivity (Wildman–Crippen MR) is 90.7 cm³/mol. The molecule has 1 fully saturated rings. The van der Waals surface area contributed by atoms with E-state index < -0.39 is 6.04 Å². The summed E-state index contributed by atoms with van der Waals surface area (Å²) in [6.07, 6.45) is 5.89. The van der Waals surface area contributed by atoms with Crippen LogP contribution in [0.5, 0.6) is 0 Å². The highest BCUT2D eigenvalue weighted by Crippen LogP contribution is 2.22. The number of aromatic nitrogens is 3. The lowest BCUT2D eigenvalue weighted by atomic mass is 10.00. The Labute approximate surface area is 141 Å². The molecule has 3 rings (SSSR count). The molecule has 2 aromatic rings. The highest BCUT2D eigenvalue weighted by molar-refractivity contribution is 5.99. The van der Waals surface area contributed by atoms with Crippen molar-refractivity contribution < 1.29 is 9.59 Å². The van der Waals surface area contributed by atoms with E-state index in [4.69, 9.17) is 0 Å². The van der Waals surface area contributed by atoms with Crippen molar-refractivity contribution in [3.8, 4) is 0 Å². The molecule has 1 N–H and O–H groups in total. The summed E-state index contributed by atoms with van der Waals surface area (Å²) in [5.74, 6) is -0.250. The van der Waals surface area contributed by atoms with Gasteiger partial charge in [0.15, 0.2) is 5.65 Å². The summed E-state index contributed by atoms with van der Waals surface area (Å²) in [5.41, 5.74) is 1.27. The van der Waals surface area contributed by atoms with E-state index in [0.29, 0.717) is 18.5 Å². The molecule has 0 spiro atoms. The van der Waals surface area contributed by atoms with Gasteiger partial charge in [-0.3, -0.25) is 9.59 Å². The molecule has 1 unspecified atom stereocenters. The number of rotatable bonds is 3. The molecular weight excluding hydrogens is 306 g/mol. The molecule has 0 saturated carbocycles. The van der Waals surface area contributed by atoms with Gasteiger partial charge in [0.05, 0.1) is 11.8 Å². The number of hydrogen-bond donors (Lipinski definition) is 1. The van der Waals surface area contributed by atoms with Crippen LogP contribution in [-0.4, -0.2) is 51.1 Å². The Morgan fingerprint density at radius 2 is 2.08 bits per heavy atom. The molecular formula is C17H23N5O2. The smallest absolute Gasteiger partial charge is 0.256 e. The largest absolute Gasteiger partial charge is 0.357 e. The van der Waals surface area contributed by atoms with Crippen LogP contribution < -0.4 is 5.32 Å². The molecule has 0 aromatic carbocycles. The Hall–Kier alpha value is -2.44. The van der Waals surface area contributed by atoms with E-state index in [-0.39, 0.29) is 17.9 Å². The molecule has 1 saturated heterocycles. The number of nitrogens with one attached hydrogen (secondary N) is 1. The first-order chi connectivity index (χ1) is 11.5. The van der Waals surface area contributed by atoms with Crippen molar-refractivity contribution in [1.29, 1.82) is 0 Å². The zero-order valence-electron chi connectivity index (χ0n) is 14.3. The Morgan fingerprint density at radius 1 is 1.29 bits per heavy atom. The van der Waals surface area contributed by atoms with Crippen LogP contribution in [-0.2, 0) is 4.79 Å². The monoisotopic (exact) mass is 329 g/mol. The van der Waals surface area contributed by atoms with Gasteiger partial charge in [0.1, 0.15) is 6.04 Å². The van der Waals surface area contributed by atoms with Crippen molar-refractivity contribution in [2.24, 2.45) is 0 Å². The maximum Gasteiger partial charge on any atom is 0.256 e. The van der Waals surface area contributed by atoms with Crippen LogP contribution in [0, 0.1) is 0 Å². The van der Waals surface area contributed by atoms with Gasteiger partial charge in [0.25, 0.3) is 5.91 Å². The molecule has 7 heteroatoms. The van der Waals surface area contributed by atoms with Crippen LogP contribution in [0.2, 0.25) is 0 Å². The Kier molecular flexibility index (Phi) is 4.51. The lowest BCUT2D eigenvalue weighted by Gasteiger charge is -2.34. The average molecular weight is 329 g/mol. The number of carbonyl (C=O) groups is 2. The van der Waals surface area contributed by atoms with E-state index in [1.165, 1.54) is 0 Å². The van der Waals surface area contributed by atoms with Crippen LogP contribution in [0.25, 0.3) is 11.0 Å². The first-order valence-electron chi connectivity index (χ1n) is 8.38. The maximum atomic E-state index is 12.9. The van der Waals surface area contributed by atoms with Gasteiger partial charge in [-0.25, -0.2) is 9.67 Å². The topological polar surface area (TPSA) is 80.1 Å². The van der Waals surface area contributed by atoms with E-state index >= 15 is 0 Å². The van der Waals surface area contributed by atoms with Gasteiger partial charge in [0, 0.05) is 31.2 Å². The number of fused-ring (bicyclic) bond motifs is 1. The highest BCUT2D eigenvalue weighted by Gasteiger charge is 2.32. The quantitative estimate of drug-likeness (QED) is 0.930. The zero-order valence-corrected chi connectivity index (χ0v) is 14.3. The van der Waals surface area contributed by atoms with E-state index in [0.717, 1.165) is 23.9 Å². The number of piperidine rings is 1. The van der Waals surface area contributed by atoms with Crippen molar-refractivity contribution >= 4 is 22.8 Å². The molecule has 1 atom stereocenters. The lowest BCUT2D eigenvalue weighted by Crippen LogP contribution is -2.51.